The van der Waals surface area contributed by atoms with Crippen molar-refractivity contribution in [3.8, 4) is 5.75 Å². The largest absolute Gasteiger partial charge is 0.493 e. The van der Waals surface area contributed by atoms with Gasteiger partial charge >= 0.3 is 18.1 Å². The first-order chi connectivity index (χ1) is 11.5. The minimum Gasteiger partial charge on any atom is -0.493 e. The summed E-state index contributed by atoms with van der Waals surface area (Å²) in [5.74, 6) is -2.17. The van der Waals surface area contributed by atoms with E-state index in [0.717, 1.165) is 11.3 Å². The summed E-state index contributed by atoms with van der Waals surface area (Å²) in [4.78, 5) is 19.2. The minimum absolute atomic E-state index is 0.142. The summed E-state index contributed by atoms with van der Waals surface area (Å²) in [6.07, 6.45) is -4.94. The Morgan fingerprint density at radius 1 is 1.24 bits per heavy atom. The zero-order chi connectivity index (χ0) is 19.5. The van der Waals surface area contributed by atoms with Crippen molar-refractivity contribution in [3.63, 3.8) is 0 Å². The molecule has 0 unspecified atom stereocenters. The quantitative estimate of drug-likeness (QED) is 0.613. The third-order valence-corrected chi connectivity index (χ3v) is 2.57. The van der Waals surface area contributed by atoms with Gasteiger partial charge < -0.3 is 20.3 Å². The Balaban J connectivity index is 0.000000697. The molecule has 0 atom stereocenters. The highest BCUT2D eigenvalue weighted by molar-refractivity contribution is 5.73. The summed E-state index contributed by atoms with van der Waals surface area (Å²) in [5.41, 5.74) is 1.10. The molecule has 142 valence electrons. The summed E-state index contributed by atoms with van der Waals surface area (Å²) in [7, 11) is 0. The Labute approximate surface area is 143 Å². The molecule has 9 heteroatoms. The lowest BCUT2D eigenvalue weighted by molar-refractivity contribution is -0.192. The number of carboxylic acid groups (broad SMARTS) is 2. The van der Waals surface area contributed by atoms with Gasteiger partial charge in [0.1, 0.15) is 5.75 Å². The fraction of sp³-hybridized carbons (Fsp3) is 0.500. The van der Waals surface area contributed by atoms with Crippen LogP contribution in [0.5, 0.6) is 5.75 Å². The lowest BCUT2D eigenvalue weighted by atomic mass is 10.2. The number of hydrogen-bond acceptors (Lipinski definition) is 4. The standard InChI is InChI=1S/C14H21NO3.C2HF3O2/c1-11(2)10-18-13-5-3-4-12(8-13)9-15-7-6-14(16)17;3-2(4,5)1(6)7/h3-5,8,11,15H,6-7,9-10H2,1-2H3,(H,16,17);(H,6,7). The van der Waals surface area contributed by atoms with Gasteiger partial charge in [-0.1, -0.05) is 26.0 Å². The van der Waals surface area contributed by atoms with E-state index < -0.39 is 18.1 Å². The third kappa shape index (κ3) is 12.8. The van der Waals surface area contributed by atoms with Crippen LogP contribution in [0.15, 0.2) is 24.3 Å². The van der Waals surface area contributed by atoms with Gasteiger partial charge in [0.15, 0.2) is 0 Å². The van der Waals surface area contributed by atoms with E-state index in [9.17, 15) is 18.0 Å². The van der Waals surface area contributed by atoms with Gasteiger partial charge in [-0.2, -0.15) is 13.2 Å². The number of carbonyl (C=O) groups is 2. The molecule has 1 aromatic carbocycles. The van der Waals surface area contributed by atoms with E-state index in [1.54, 1.807) is 0 Å². The van der Waals surface area contributed by atoms with Gasteiger partial charge in [0.25, 0.3) is 0 Å². The topological polar surface area (TPSA) is 95.9 Å². The summed E-state index contributed by atoms with van der Waals surface area (Å²) in [6, 6.07) is 7.86. The molecule has 0 fully saturated rings. The van der Waals surface area contributed by atoms with Gasteiger partial charge in [-0.15, -0.1) is 0 Å². The van der Waals surface area contributed by atoms with E-state index >= 15 is 0 Å². The van der Waals surface area contributed by atoms with E-state index in [-0.39, 0.29) is 6.42 Å². The molecule has 6 nitrogen and oxygen atoms in total. The predicted octanol–water partition coefficient (Wildman–Crippen LogP) is 2.92. The van der Waals surface area contributed by atoms with Gasteiger partial charge in [0.05, 0.1) is 13.0 Å². The van der Waals surface area contributed by atoms with Crippen molar-refractivity contribution in [2.45, 2.75) is 33.0 Å². The average Bonchev–Trinajstić information content (AvgIpc) is 2.49. The number of halogens is 3. The first-order valence-corrected chi connectivity index (χ1v) is 7.46. The average molecular weight is 365 g/mol. The van der Waals surface area contributed by atoms with Gasteiger partial charge in [0, 0.05) is 13.1 Å². The Kier molecular flexibility index (Phi) is 10.3. The fourth-order valence-corrected chi connectivity index (χ4v) is 1.44. The van der Waals surface area contributed by atoms with Crippen molar-refractivity contribution in [1.82, 2.24) is 5.32 Å². The summed E-state index contributed by atoms with van der Waals surface area (Å²) in [5, 5.41) is 18.7. The summed E-state index contributed by atoms with van der Waals surface area (Å²) < 4.78 is 37.4. The second-order valence-electron chi connectivity index (χ2n) is 5.48. The molecule has 1 aromatic rings. The zero-order valence-corrected chi connectivity index (χ0v) is 14.0. The van der Waals surface area contributed by atoms with Gasteiger partial charge in [-0.25, -0.2) is 4.79 Å². The Bertz CT molecular complexity index is 547. The van der Waals surface area contributed by atoms with E-state index in [1.165, 1.54) is 0 Å². The number of hydrogen-bond donors (Lipinski definition) is 3. The van der Waals surface area contributed by atoms with Crippen LogP contribution in [0.25, 0.3) is 0 Å². The molecule has 0 amide bonds. The summed E-state index contributed by atoms with van der Waals surface area (Å²) in [6.45, 7) is 6.06. The molecule has 0 saturated carbocycles. The van der Waals surface area contributed by atoms with Crippen LogP contribution < -0.4 is 10.1 Å². The Morgan fingerprint density at radius 2 is 1.84 bits per heavy atom. The molecule has 0 aliphatic heterocycles. The number of nitrogens with one attached hydrogen (secondary N) is 1. The molecule has 0 radical (unpaired) electrons. The van der Waals surface area contributed by atoms with Crippen LogP contribution >= 0.6 is 0 Å². The second-order valence-corrected chi connectivity index (χ2v) is 5.48. The van der Waals surface area contributed by atoms with E-state index in [4.69, 9.17) is 19.7 Å². The molecule has 0 heterocycles. The first-order valence-electron chi connectivity index (χ1n) is 7.46. The molecular formula is C16H22F3NO5. The van der Waals surface area contributed by atoms with Crippen molar-refractivity contribution in [2.24, 2.45) is 5.92 Å². The number of carboxylic acids is 2. The maximum Gasteiger partial charge on any atom is 0.490 e. The van der Waals surface area contributed by atoms with Crippen molar-refractivity contribution in [2.75, 3.05) is 13.2 Å². The van der Waals surface area contributed by atoms with Crippen LogP contribution in [0.2, 0.25) is 0 Å². The second kappa shape index (κ2) is 11.3. The molecule has 0 aliphatic carbocycles. The molecule has 3 N–H and O–H groups in total. The molecular weight excluding hydrogens is 343 g/mol. The van der Waals surface area contributed by atoms with Crippen molar-refractivity contribution >= 4 is 11.9 Å². The molecule has 0 aromatic heterocycles. The lowest BCUT2D eigenvalue weighted by Crippen LogP contribution is -2.21. The zero-order valence-electron chi connectivity index (χ0n) is 14.0. The molecule has 0 spiro atoms. The summed E-state index contributed by atoms with van der Waals surface area (Å²) >= 11 is 0. The highest BCUT2D eigenvalue weighted by Gasteiger charge is 2.38. The molecule has 1 rings (SSSR count). The van der Waals surface area contributed by atoms with E-state index in [0.29, 0.717) is 25.6 Å². The highest BCUT2D eigenvalue weighted by atomic mass is 19.4. The Hall–Kier alpha value is -2.29. The lowest BCUT2D eigenvalue weighted by Gasteiger charge is -2.10. The predicted molar refractivity (Wildman–Crippen MR) is 84.4 cm³/mol. The van der Waals surface area contributed by atoms with Crippen molar-refractivity contribution < 1.29 is 37.7 Å². The number of benzene rings is 1. The van der Waals surface area contributed by atoms with Crippen molar-refractivity contribution in [3.05, 3.63) is 29.8 Å². The van der Waals surface area contributed by atoms with E-state index in [2.05, 4.69) is 19.2 Å². The van der Waals surface area contributed by atoms with Crippen LogP contribution in [0.4, 0.5) is 13.2 Å². The Morgan fingerprint density at radius 3 is 2.32 bits per heavy atom. The molecule has 0 aliphatic rings. The molecule has 0 bridgehead atoms. The maximum absolute atomic E-state index is 10.6. The van der Waals surface area contributed by atoms with Crippen LogP contribution in [0.1, 0.15) is 25.8 Å². The maximum atomic E-state index is 10.6. The van der Waals surface area contributed by atoms with Crippen LogP contribution in [0.3, 0.4) is 0 Å². The van der Waals surface area contributed by atoms with E-state index in [1.807, 2.05) is 24.3 Å². The van der Waals surface area contributed by atoms with Gasteiger partial charge in [0.2, 0.25) is 0 Å². The van der Waals surface area contributed by atoms with Crippen LogP contribution in [0, 0.1) is 5.92 Å². The number of aliphatic carboxylic acids is 2. The number of rotatable bonds is 8. The SMILES string of the molecule is CC(C)COc1cccc(CNCCC(=O)O)c1.O=C(O)C(F)(F)F. The fourth-order valence-electron chi connectivity index (χ4n) is 1.44. The van der Waals surface area contributed by atoms with Crippen LogP contribution in [-0.2, 0) is 16.1 Å². The normalized spacial score (nSPS) is 10.8. The van der Waals surface area contributed by atoms with Crippen molar-refractivity contribution in [1.29, 1.82) is 0 Å². The van der Waals surface area contributed by atoms with Gasteiger partial charge in [-0.3, -0.25) is 4.79 Å². The van der Waals surface area contributed by atoms with Gasteiger partial charge in [-0.05, 0) is 23.6 Å². The minimum atomic E-state index is -5.08. The highest BCUT2D eigenvalue weighted by Crippen LogP contribution is 2.14. The smallest absolute Gasteiger partial charge is 0.490 e. The number of ether oxygens (including phenoxy) is 1. The monoisotopic (exact) mass is 365 g/mol. The van der Waals surface area contributed by atoms with Crippen LogP contribution in [-0.4, -0.2) is 41.5 Å². The number of alkyl halides is 3. The first kappa shape index (κ1) is 22.7. The third-order valence-electron chi connectivity index (χ3n) is 2.57. The molecule has 0 saturated heterocycles. The molecule has 25 heavy (non-hydrogen) atoms.